The number of nitro benzene ring substituents is 1. The average Bonchev–Trinajstić information content (AvgIpc) is 2.11. The van der Waals surface area contributed by atoms with Gasteiger partial charge in [-0.15, -0.1) is 0 Å². The fourth-order valence-electron chi connectivity index (χ4n) is 0.460. The van der Waals surface area contributed by atoms with Gasteiger partial charge in [0.1, 0.15) is 0 Å². The maximum Gasteiger partial charge on any atom is 0.269 e. The van der Waals surface area contributed by atoms with Crippen molar-refractivity contribution >= 4 is 5.69 Å². The molecule has 0 heterocycles. The standard InChI is InChI=1S/C7H7NO2/c1-6-2-4-7(5-3-6)8(9)10/h2-5H,1H3/i2D,3D,4D,5D. The lowest BCUT2D eigenvalue weighted by Gasteiger charge is -1.90. The van der Waals surface area contributed by atoms with Gasteiger partial charge in [0.05, 0.1) is 10.4 Å². The number of hydrogen-bond acceptors (Lipinski definition) is 2. The Balaban J connectivity index is 3.68. The predicted octanol–water partition coefficient (Wildman–Crippen LogP) is 1.90. The minimum atomic E-state index is -0.903. The average molecular weight is 141 g/mol. The van der Waals surface area contributed by atoms with Crippen LogP contribution in [0.4, 0.5) is 5.69 Å². The second kappa shape index (κ2) is 2.47. The predicted molar refractivity (Wildman–Crippen MR) is 37.8 cm³/mol. The van der Waals surface area contributed by atoms with E-state index in [2.05, 4.69) is 0 Å². The Morgan fingerprint density at radius 3 is 2.40 bits per heavy atom. The summed E-state index contributed by atoms with van der Waals surface area (Å²) in [5, 5.41) is 10.5. The van der Waals surface area contributed by atoms with Crippen molar-refractivity contribution in [3.8, 4) is 0 Å². The molecule has 10 heavy (non-hydrogen) atoms. The Labute approximate surface area is 64.1 Å². The molecular formula is C7H7NO2. The molecule has 3 heteroatoms. The van der Waals surface area contributed by atoms with Gasteiger partial charge in [-0.2, -0.15) is 0 Å². The van der Waals surface area contributed by atoms with Crippen molar-refractivity contribution in [2.45, 2.75) is 6.92 Å². The number of nitrogens with zero attached hydrogens (tertiary/aromatic N) is 1. The molecule has 0 spiro atoms. The molecule has 0 fully saturated rings. The normalized spacial score (nSPS) is 14.9. The van der Waals surface area contributed by atoms with Crippen LogP contribution in [-0.2, 0) is 0 Å². The Kier molecular flexibility index (Phi) is 0.777. The van der Waals surface area contributed by atoms with Crippen molar-refractivity contribution in [2.24, 2.45) is 0 Å². The van der Waals surface area contributed by atoms with E-state index in [1.165, 1.54) is 6.92 Å². The minimum Gasteiger partial charge on any atom is -0.258 e. The first-order valence-corrected chi connectivity index (χ1v) is 2.59. The number of hydrogen-bond donors (Lipinski definition) is 0. The Hall–Kier alpha value is -1.38. The van der Waals surface area contributed by atoms with Crippen LogP contribution < -0.4 is 0 Å². The summed E-state index contributed by atoms with van der Waals surface area (Å²) in [7, 11) is 0. The van der Waals surface area contributed by atoms with Crippen LogP contribution in [-0.4, -0.2) is 4.92 Å². The molecule has 0 unspecified atom stereocenters. The largest absolute Gasteiger partial charge is 0.269 e. The first-order chi connectivity index (χ1) is 6.37. The van der Waals surface area contributed by atoms with Crippen LogP contribution in [0.25, 0.3) is 0 Å². The van der Waals surface area contributed by atoms with Crippen LogP contribution in [0.2, 0.25) is 0 Å². The van der Waals surface area contributed by atoms with Crippen LogP contribution in [0.3, 0.4) is 0 Å². The van der Waals surface area contributed by atoms with Crippen molar-refractivity contribution in [3.63, 3.8) is 0 Å². The monoisotopic (exact) mass is 141 g/mol. The lowest BCUT2D eigenvalue weighted by Crippen LogP contribution is -1.86. The molecule has 0 bridgehead atoms. The van der Waals surface area contributed by atoms with Crippen molar-refractivity contribution in [1.82, 2.24) is 0 Å². The zero-order valence-electron chi connectivity index (χ0n) is 9.26. The first-order valence-electron chi connectivity index (χ1n) is 4.59. The molecule has 0 radical (unpaired) electrons. The molecule has 1 rings (SSSR count). The van der Waals surface area contributed by atoms with E-state index in [1.807, 2.05) is 0 Å². The van der Waals surface area contributed by atoms with Crippen LogP contribution in [0, 0.1) is 17.0 Å². The molecule has 0 aliphatic carbocycles. The van der Waals surface area contributed by atoms with Gasteiger partial charge in [0, 0.05) is 12.1 Å². The van der Waals surface area contributed by atoms with E-state index in [9.17, 15) is 10.1 Å². The zero-order chi connectivity index (χ0) is 11.0. The van der Waals surface area contributed by atoms with E-state index in [4.69, 9.17) is 5.48 Å². The minimum absolute atomic E-state index is 0.116. The summed E-state index contributed by atoms with van der Waals surface area (Å²) >= 11 is 0. The summed E-state index contributed by atoms with van der Waals surface area (Å²) in [6.45, 7) is 1.39. The van der Waals surface area contributed by atoms with Crippen LogP contribution >= 0.6 is 0 Å². The van der Waals surface area contributed by atoms with E-state index in [0.717, 1.165) is 0 Å². The maximum absolute atomic E-state index is 10.5. The molecule has 0 aromatic heterocycles. The van der Waals surface area contributed by atoms with Gasteiger partial charge in [0.2, 0.25) is 0 Å². The van der Waals surface area contributed by atoms with E-state index in [-0.39, 0.29) is 17.6 Å². The van der Waals surface area contributed by atoms with Gasteiger partial charge in [-0.25, -0.2) is 0 Å². The summed E-state index contributed by atoms with van der Waals surface area (Å²) in [6.07, 6.45) is 0. The molecular weight excluding hydrogens is 130 g/mol. The highest BCUT2D eigenvalue weighted by molar-refractivity contribution is 5.31. The van der Waals surface area contributed by atoms with Gasteiger partial charge in [-0.1, -0.05) is 17.6 Å². The first kappa shape index (κ1) is 3.14. The summed E-state index contributed by atoms with van der Waals surface area (Å²) in [6, 6.07) is -1.93. The highest BCUT2D eigenvalue weighted by atomic mass is 16.6. The van der Waals surface area contributed by atoms with Crippen LogP contribution in [0.1, 0.15) is 11.0 Å². The van der Waals surface area contributed by atoms with Gasteiger partial charge in [0.15, 0.2) is 0 Å². The van der Waals surface area contributed by atoms with Gasteiger partial charge in [-0.3, -0.25) is 10.1 Å². The number of rotatable bonds is 1. The van der Waals surface area contributed by atoms with E-state index >= 15 is 0 Å². The summed E-state index contributed by atoms with van der Waals surface area (Å²) < 4.78 is 29.2. The number of benzene rings is 1. The molecule has 0 aliphatic rings. The highest BCUT2D eigenvalue weighted by Gasteiger charge is 2.00. The molecule has 3 nitrogen and oxygen atoms in total. The summed E-state index contributed by atoms with van der Waals surface area (Å²) in [5.74, 6) is 0. The van der Waals surface area contributed by atoms with Gasteiger partial charge < -0.3 is 0 Å². The van der Waals surface area contributed by atoms with Crippen molar-refractivity contribution in [3.05, 3.63) is 39.8 Å². The van der Waals surface area contributed by atoms with Crippen molar-refractivity contribution in [1.29, 1.82) is 0 Å². The van der Waals surface area contributed by atoms with Gasteiger partial charge in [0.25, 0.3) is 5.69 Å². The SMILES string of the molecule is [2H]c1c([2H])c([N+](=O)[O-])c([2H])c([2H])c1C. The van der Waals surface area contributed by atoms with Crippen LogP contribution in [0.5, 0.6) is 0 Å². The van der Waals surface area contributed by atoms with Crippen molar-refractivity contribution < 1.29 is 10.4 Å². The summed E-state index contributed by atoms with van der Waals surface area (Å²) in [5.41, 5.74) is -0.656. The van der Waals surface area contributed by atoms with E-state index in [0.29, 0.717) is 0 Å². The third-order valence-corrected chi connectivity index (χ3v) is 0.919. The van der Waals surface area contributed by atoms with Crippen molar-refractivity contribution in [2.75, 3.05) is 0 Å². The lowest BCUT2D eigenvalue weighted by molar-refractivity contribution is -0.384. The molecule has 0 atom stereocenters. The quantitative estimate of drug-likeness (QED) is 0.442. The fraction of sp³-hybridized carbons (Fsp3) is 0.143. The zero-order valence-corrected chi connectivity index (χ0v) is 5.26. The molecule has 0 saturated carbocycles. The molecule has 52 valence electrons. The molecule has 1 aromatic carbocycles. The summed E-state index contributed by atoms with van der Waals surface area (Å²) in [4.78, 5) is 9.55. The topological polar surface area (TPSA) is 43.1 Å². The van der Waals surface area contributed by atoms with Gasteiger partial charge in [-0.05, 0) is 6.92 Å². The third kappa shape index (κ3) is 1.31. The maximum atomic E-state index is 10.5. The third-order valence-electron chi connectivity index (χ3n) is 0.919. The Bertz CT molecular complexity index is 390. The molecule has 0 N–H and O–H groups in total. The fourth-order valence-corrected chi connectivity index (χ4v) is 0.460. The second-order valence-corrected chi connectivity index (χ2v) is 1.73. The number of nitro groups is 1. The highest BCUT2D eigenvalue weighted by Crippen LogP contribution is 2.10. The molecule has 1 aromatic rings. The smallest absolute Gasteiger partial charge is 0.258 e. The van der Waals surface area contributed by atoms with E-state index in [1.54, 1.807) is 0 Å². The molecule has 0 saturated heterocycles. The lowest BCUT2D eigenvalue weighted by atomic mass is 10.2. The van der Waals surface area contributed by atoms with E-state index < -0.39 is 22.7 Å². The van der Waals surface area contributed by atoms with Gasteiger partial charge >= 0.3 is 0 Å². The Morgan fingerprint density at radius 2 is 2.00 bits per heavy atom. The second-order valence-electron chi connectivity index (χ2n) is 1.73. The molecule has 0 aliphatic heterocycles. The molecule has 0 amide bonds. The Morgan fingerprint density at radius 1 is 1.50 bits per heavy atom. The van der Waals surface area contributed by atoms with Crippen LogP contribution in [0.15, 0.2) is 24.2 Å².